The van der Waals surface area contributed by atoms with E-state index in [9.17, 15) is 13.2 Å². The zero-order chi connectivity index (χ0) is 20.5. The van der Waals surface area contributed by atoms with E-state index in [1.54, 1.807) is 49.4 Å². The molecular weight excluding hydrogens is 412 g/mol. The summed E-state index contributed by atoms with van der Waals surface area (Å²) in [4.78, 5) is 22.8. The highest BCUT2D eigenvalue weighted by molar-refractivity contribution is 7.92. The van der Waals surface area contributed by atoms with Crippen LogP contribution in [0.2, 0.25) is 0 Å². The van der Waals surface area contributed by atoms with Crippen molar-refractivity contribution in [3.8, 4) is 10.6 Å². The van der Waals surface area contributed by atoms with E-state index in [1.165, 1.54) is 11.3 Å². The molecule has 3 rings (SSSR count). The molecule has 0 radical (unpaired) electrons. The first-order valence-electron chi connectivity index (χ1n) is 8.90. The quantitative estimate of drug-likeness (QED) is 0.550. The van der Waals surface area contributed by atoms with Crippen molar-refractivity contribution in [3.05, 3.63) is 50.9 Å². The first kappa shape index (κ1) is 20.8. The molecule has 0 fully saturated rings. The van der Waals surface area contributed by atoms with Gasteiger partial charge in [0.2, 0.25) is 0 Å². The van der Waals surface area contributed by atoms with Crippen LogP contribution in [0, 0.1) is 13.8 Å². The minimum absolute atomic E-state index is 0.0533. The van der Waals surface area contributed by atoms with Crippen molar-refractivity contribution < 1.29 is 13.2 Å². The number of aromatic nitrogens is 2. The monoisotopic (exact) mass is 434 g/mol. The maximum Gasteiger partial charge on any atom is 0.180 e. The van der Waals surface area contributed by atoms with E-state index in [0.29, 0.717) is 4.90 Å². The van der Waals surface area contributed by atoms with Gasteiger partial charge in [0.05, 0.1) is 37.8 Å². The fourth-order valence-electron chi connectivity index (χ4n) is 2.79. The minimum Gasteiger partial charge on any atom is -0.299 e. The van der Waals surface area contributed by atoms with Crippen LogP contribution in [0.15, 0.2) is 34.5 Å². The molecule has 5 nitrogen and oxygen atoms in total. The standard InChI is InChI=1S/C20H22N2O3S3/c1-12(2)28(24,25)17-7-5-15(6-8-17)9-16(23)10-19-22-18(11-26-19)20-13(3)21-14(4)27-20/h5-8,11-12H,9-10H2,1-4H3. The van der Waals surface area contributed by atoms with Gasteiger partial charge in [-0.1, -0.05) is 12.1 Å². The van der Waals surface area contributed by atoms with Crippen LogP contribution in [-0.4, -0.2) is 29.4 Å². The summed E-state index contributed by atoms with van der Waals surface area (Å²) in [6.07, 6.45) is 0.531. The van der Waals surface area contributed by atoms with Gasteiger partial charge in [-0.25, -0.2) is 18.4 Å². The molecule has 0 saturated carbocycles. The molecule has 8 heteroatoms. The molecule has 0 atom stereocenters. The summed E-state index contributed by atoms with van der Waals surface area (Å²) >= 11 is 3.08. The Labute approximate surface area is 173 Å². The Kier molecular flexibility index (Phi) is 6.12. The van der Waals surface area contributed by atoms with E-state index in [-0.39, 0.29) is 18.6 Å². The lowest BCUT2D eigenvalue weighted by atomic mass is 10.1. The fraction of sp³-hybridized carbons (Fsp3) is 0.350. The number of sulfone groups is 1. The molecule has 1 aromatic carbocycles. The Morgan fingerprint density at radius 1 is 1.07 bits per heavy atom. The molecule has 0 N–H and O–H groups in total. The smallest absolute Gasteiger partial charge is 0.180 e. The number of benzene rings is 1. The van der Waals surface area contributed by atoms with Crippen LogP contribution in [0.4, 0.5) is 0 Å². The molecule has 2 heterocycles. The Morgan fingerprint density at radius 3 is 2.32 bits per heavy atom. The Balaban J connectivity index is 1.66. The predicted molar refractivity (Wildman–Crippen MR) is 114 cm³/mol. The van der Waals surface area contributed by atoms with Gasteiger partial charge in [-0.2, -0.15) is 0 Å². The molecule has 3 aromatic rings. The zero-order valence-electron chi connectivity index (χ0n) is 16.2. The van der Waals surface area contributed by atoms with Crippen LogP contribution in [0.25, 0.3) is 10.6 Å². The summed E-state index contributed by atoms with van der Waals surface area (Å²) < 4.78 is 24.3. The molecule has 0 aliphatic heterocycles. The fourth-order valence-corrected chi connectivity index (χ4v) is 5.62. The van der Waals surface area contributed by atoms with Crippen molar-refractivity contribution in [1.29, 1.82) is 0 Å². The van der Waals surface area contributed by atoms with Crippen molar-refractivity contribution >= 4 is 38.3 Å². The van der Waals surface area contributed by atoms with Crippen LogP contribution in [0.1, 0.15) is 35.1 Å². The molecular formula is C20H22N2O3S3. The van der Waals surface area contributed by atoms with Crippen LogP contribution in [0.3, 0.4) is 0 Å². The maximum atomic E-state index is 12.4. The molecule has 0 aliphatic carbocycles. The largest absolute Gasteiger partial charge is 0.299 e. The predicted octanol–water partition coefficient (Wildman–Crippen LogP) is 4.42. The van der Waals surface area contributed by atoms with E-state index in [2.05, 4.69) is 9.97 Å². The van der Waals surface area contributed by atoms with Gasteiger partial charge in [0.1, 0.15) is 10.8 Å². The van der Waals surface area contributed by atoms with Gasteiger partial charge in [0.25, 0.3) is 0 Å². The van der Waals surface area contributed by atoms with Gasteiger partial charge in [-0.15, -0.1) is 22.7 Å². The van der Waals surface area contributed by atoms with E-state index in [4.69, 9.17) is 0 Å². The van der Waals surface area contributed by atoms with Gasteiger partial charge in [-0.05, 0) is 45.4 Å². The lowest BCUT2D eigenvalue weighted by molar-refractivity contribution is -0.117. The molecule has 148 valence electrons. The third-order valence-electron chi connectivity index (χ3n) is 4.31. The second kappa shape index (κ2) is 8.23. The number of Topliss-reactive ketones (excluding diaryl/α,β-unsaturated/α-hetero) is 1. The number of hydrogen-bond donors (Lipinski definition) is 0. The summed E-state index contributed by atoms with van der Waals surface area (Å²) in [6.45, 7) is 7.25. The van der Waals surface area contributed by atoms with Crippen molar-refractivity contribution in [3.63, 3.8) is 0 Å². The molecule has 2 aromatic heterocycles. The topological polar surface area (TPSA) is 77.0 Å². The van der Waals surface area contributed by atoms with Crippen molar-refractivity contribution in [1.82, 2.24) is 9.97 Å². The van der Waals surface area contributed by atoms with E-state index >= 15 is 0 Å². The highest BCUT2D eigenvalue weighted by Gasteiger charge is 2.19. The van der Waals surface area contributed by atoms with E-state index in [0.717, 1.165) is 31.8 Å². The van der Waals surface area contributed by atoms with Crippen LogP contribution in [0.5, 0.6) is 0 Å². The van der Waals surface area contributed by atoms with Gasteiger partial charge < -0.3 is 0 Å². The normalized spacial score (nSPS) is 11.9. The van der Waals surface area contributed by atoms with Crippen molar-refractivity contribution in [2.75, 3.05) is 0 Å². The molecule has 0 spiro atoms. The lowest BCUT2D eigenvalue weighted by Gasteiger charge is -2.08. The second-order valence-corrected chi connectivity index (χ2v) is 11.6. The molecule has 0 saturated heterocycles. The highest BCUT2D eigenvalue weighted by Crippen LogP contribution is 2.30. The highest BCUT2D eigenvalue weighted by atomic mass is 32.2. The number of carbonyl (C=O) groups excluding carboxylic acids is 1. The molecule has 0 bridgehead atoms. The lowest BCUT2D eigenvalue weighted by Crippen LogP contribution is -2.14. The number of carbonyl (C=O) groups is 1. The van der Waals surface area contributed by atoms with Gasteiger partial charge in [-0.3, -0.25) is 4.79 Å². The van der Waals surface area contributed by atoms with E-state index in [1.807, 2.05) is 19.2 Å². The number of rotatable bonds is 7. The minimum atomic E-state index is -3.29. The summed E-state index contributed by atoms with van der Waals surface area (Å²) in [6, 6.07) is 6.58. The number of thiazole rings is 2. The number of ketones is 1. The van der Waals surface area contributed by atoms with Gasteiger partial charge in [0.15, 0.2) is 9.84 Å². The Bertz CT molecular complexity index is 1090. The number of nitrogens with zero attached hydrogens (tertiary/aromatic N) is 2. The van der Waals surface area contributed by atoms with Crippen molar-refractivity contribution in [2.45, 2.75) is 50.7 Å². The van der Waals surface area contributed by atoms with Crippen LogP contribution < -0.4 is 0 Å². The molecule has 28 heavy (non-hydrogen) atoms. The second-order valence-electron chi connectivity index (χ2n) is 6.90. The SMILES string of the molecule is Cc1nc(C)c(-c2csc(CC(=O)Cc3ccc(S(=O)(=O)C(C)C)cc3)n2)s1. The molecule has 0 aliphatic rings. The number of hydrogen-bond acceptors (Lipinski definition) is 7. The van der Waals surface area contributed by atoms with Crippen LogP contribution in [-0.2, 0) is 27.5 Å². The third kappa shape index (κ3) is 4.56. The van der Waals surface area contributed by atoms with E-state index < -0.39 is 15.1 Å². The first-order valence-corrected chi connectivity index (χ1v) is 12.1. The molecule has 0 unspecified atom stereocenters. The van der Waals surface area contributed by atoms with Crippen LogP contribution >= 0.6 is 22.7 Å². The average molecular weight is 435 g/mol. The zero-order valence-corrected chi connectivity index (χ0v) is 18.7. The maximum absolute atomic E-state index is 12.4. The van der Waals surface area contributed by atoms with Gasteiger partial charge >= 0.3 is 0 Å². The Morgan fingerprint density at radius 2 is 1.75 bits per heavy atom. The third-order valence-corrected chi connectivity index (χ3v) is 8.42. The average Bonchev–Trinajstić information content (AvgIpc) is 3.20. The summed E-state index contributed by atoms with van der Waals surface area (Å²) in [5.41, 5.74) is 2.64. The Hall–Kier alpha value is -1.90. The summed E-state index contributed by atoms with van der Waals surface area (Å²) in [7, 11) is -3.29. The van der Waals surface area contributed by atoms with Gasteiger partial charge in [0, 0.05) is 11.8 Å². The summed E-state index contributed by atoms with van der Waals surface area (Å²) in [5, 5.41) is 3.28. The molecule has 0 amide bonds. The first-order chi connectivity index (χ1) is 13.2. The number of aryl methyl sites for hydroxylation is 2. The van der Waals surface area contributed by atoms with Crippen molar-refractivity contribution in [2.24, 2.45) is 0 Å². The summed E-state index contributed by atoms with van der Waals surface area (Å²) in [5.74, 6) is 0.0533.